The molecular weight excluding hydrogens is 236 g/mol. The predicted molar refractivity (Wildman–Crippen MR) is 61.2 cm³/mol. The van der Waals surface area contributed by atoms with Crippen LogP contribution in [0.4, 0.5) is 5.82 Å². The van der Waals surface area contributed by atoms with Crippen LogP contribution in [0.15, 0.2) is 11.1 Å². The monoisotopic (exact) mass is 250 g/mol. The van der Waals surface area contributed by atoms with E-state index in [1.54, 1.807) is 11.8 Å². The van der Waals surface area contributed by atoms with E-state index in [-0.39, 0.29) is 16.0 Å². The van der Waals surface area contributed by atoms with Crippen LogP contribution < -0.4 is 10.5 Å². The van der Waals surface area contributed by atoms with Crippen molar-refractivity contribution in [1.82, 2.24) is 14.9 Å². The molecule has 86 valence electrons. The van der Waals surface area contributed by atoms with Crippen molar-refractivity contribution < 1.29 is 8.42 Å². The Balaban J connectivity index is 2.73. The summed E-state index contributed by atoms with van der Waals surface area (Å²) in [5, 5.41) is 6.16. The highest BCUT2D eigenvalue weighted by Crippen LogP contribution is 2.14. The number of aromatic amines is 1. The van der Waals surface area contributed by atoms with Crippen LogP contribution in [0.1, 0.15) is 6.92 Å². The number of H-pyrrole nitrogens is 1. The van der Waals surface area contributed by atoms with Gasteiger partial charge >= 0.3 is 0 Å². The van der Waals surface area contributed by atoms with Gasteiger partial charge in [-0.05, 0) is 6.26 Å². The zero-order valence-electron chi connectivity index (χ0n) is 8.52. The van der Waals surface area contributed by atoms with Crippen molar-refractivity contribution in [3.8, 4) is 0 Å². The molecule has 0 aromatic carbocycles. The number of nitrogens with two attached hydrogens (primary N) is 1. The fraction of sp³-hybridized carbons (Fsp3) is 0.571. The van der Waals surface area contributed by atoms with Gasteiger partial charge in [0.2, 0.25) is 10.0 Å². The number of nitrogen functional groups attached to an aromatic ring is 1. The first-order chi connectivity index (χ1) is 6.97. The topological polar surface area (TPSA) is 101 Å². The van der Waals surface area contributed by atoms with Crippen molar-refractivity contribution in [2.24, 2.45) is 0 Å². The quantitative estimate of drug-likeness (QED) is 0.684. The molecule has 0 radical (unpaired) electrons. The lowest BCUT2D eigenvalue weighted by Crippen LogP contribution is -2.29. The Bertz CT molecular complexity index is 414. The number of aromatic nitrogens is 2. The number of anilines is 1. The molecule has 8 heteroatoms. The van der Waals surface area contributed by atoms with E-state index in [4.69, 9.17) is 5.73 Å². The summed E-state index contributed by atoms with van der Waals surface area (Å²) in [7, 11) is -3.53. The molecule has 0 bridgehead atoms. The van der Waals surface area contributed by atoms with E-state index in [2.05, 4.69) is 14.9 Å². The molecule has 0 saturated heterocycles. The highest BCUT2D eigenvalue weighted by Gasteiger charge is 2.19. The molecule has 0 fully saturated rings. The molecule has 1 heterocycles. The van der Waals surface area contributed by atoms with E-state index in [1.807, 2.05) is 13.2 Å². The number of nitrogens with one attached hydrogen (secondary N) is 2. The molecule has 0 amide bonds. The molecule has 0 aliphatic heterocycles. The van der Waals surface area contributed by atoms with Gasteiger partial charge in [0.05, 0.1) is 6.20 Å². The Morgan fingerprint density at radius 2 is 2.40 bits per heavy atom. The largest absolute Gasteiger partial charge is 0.383 e. The van der Waals surface area contributed by atoms with Crippen LogP contribution in [-0.2, 0) is 10.0 Å². The minimum absolute atomic E-state index is 0.00389. The van der Waals surface area contributed by atoms with Gasteiger partial charge in [0.25, 0.3) is 0 Å². The van der Waals surface area contributed by atoms with Crippen LogP contribution >= 0.6 is 11.8 Å². The Morgan fingerprint density at radius 3 is 2.87 bits per heavy atom. The van der Waals surface area contributed by atoms with Crippen molar-refractivity contribution in [3.63, 3.8) is 0 Å². The second-order valence-electron chi connectivity index (χ2n) is 3.05. The van der Waals surface area contributed by atoms with Crippen molar-refractivity contribution in [2.75, 3.05) is 18.5 Å². The molecule has 0 aliphatic carbocycles. The predicted octanol–water partition coefficient (Wildman–Crippen LogP) is 0.0217. The summed E-state index contributed by atoms with van der Waals surface area (Å²) >= 11 is 1.59. The standard InChI is InChI=1S/C7H14N4O2S2/c1-5(14-2)3-10-15(12,13)6-4-9-11-7(6)8/h4-5,10H,3H2,1-2H3,(H3,8,9,11). The number of rotatable bonds is 5. The van der Waals surface area contributed by atoms with Gasteiger partial charge in [-0.2, -0.15) is 16.9 Å². The molecule has 6 nitrogen and oxygen atoms in total. The second-order valence-corrected chi connectivity index (χ2v) is 6.06. The van der Waals surface area contributed by atoms with Crippen LogP contribution in [0, 0.1) is 0 Å². The Morgan fingerprint density at radius 1 is 1.73 bits per heavy atom. The third-order valence-electron chi connectivity index (χ3n) is 1.88. The van der Waals surface area contributed by atoms with Gasteiger partial charge in [-0.1, -0.05) is 6.92 Å². The first kappa shape index (κ1) is 12.3. The SMILES string of the molecule is CSC(C)CNS(=O)(=O)c1cn[nH]c1N. The van der Waals surface area contributed by atoms with Crippen molar-refractivity contribution in [2.45, 2.75) is 17.1 Å². The minimum atomic E-state index is -3.53. The van der Waals surface area contributed by atoms with Gasteiger partial charge in [0.15, 0.2) is 0 Å². The van der Waals surface area contributed by atoms with Crippen molar-refractivity contribution in [1.29, 1.82) is 0 Å². The molecule has 1 aromatic rings. The molecular formula is C7H14N4O2S2. The number of thioether (sulfide) groups is 1. The van der Waals surface area contributed by atoms with Crippen molar-refractivity contribution >= 4 is 27.6 Å². The van der Waals surface area contributed by atoms with Gasteiger partial charge in [0, 0.05) is 11.8 Å². The highest BCUT2D eigenvalue weighted by molar-refractivity contribution is 7.99. The van der Waals surface area contributed by atoms with Crippen LogP contribution in [0.2, 0.25) is 0 Å². The highest BCUT2D eigenvalue weighted by atomic mass is 32.2. The van der Waals surface area contributed by atoms with E-state index in [0.29, 0.717) is 6.54 Å². The summed E-state index contributed by atoms with van der Waals surface area (Å²) in [5.41, 5.74) is 5.42. The third-order valence-corrected chi connectivity index (χ3v) is 4.31. The van der Waals surface area contributed by atoms with Gasteiger partial charge in [-0.15, -0.1) is 0 Å². The fourth-order valence-corrected chi connectivity index (χ4v) is 2.39. The second kappa shape index (κ2) is 4.86. The van der Waals surface area contributed by atoms with Gasteiger partial charge in [0.1, 0.15) is 10.7 Å². The van der Waals surface area contributed by atoms with Gasteiger partial charge < -0.3 is 5.73 Å². The van der Waals surface area contributed by atoms with Crippen LogP contribution in [0.25, 0.3) is 0 Å². The first-order valence-corrected chi connectivity index (χ1v) is 7.05. The summed E-state index contributed by atoms with van der Waals surface area (Å²) in [5.74, 6) is 0.0549. The Kier molecular flexibility index (Phi) is 4.00. The van der Waals surface area contributed by atoms with Gasteiger partial charge in [-0.3, -0.25) is 5.10 Å². The summed E-state index contributed by atoms with van der Waals surface area (Å²) in [6, 6.07) is 0. The number of hydrogen-bond donors (Lipinski definition) is 3. The number of hydrogen-bond acceptors (Lipinski definition) is 5. The van der Waals surface area contributed by atoms with Gasteiger partial charge in [-0.25, -0.2) is 13.1 Å². The zero-order chi connectivity index (χ0) is 11.5. The van der Waals surface area contributed by atoms with E-state index < -0.39 is 10.0 Å². The lowest BCUT2D eigenvalue weighted by Gasteiger charge is -2.09. The van der Waals surface area contributed by atoms with E-state index in [9.17, 15) is 8.42 Å². The molecule has 15 heavy (non-hydrogen) atoms. The first-order valence-electron chi connectivity index (χ1n) is 4.28. The molecule has 0 spiro atoms. The summed E-state index contributed by atoms with van der Waals surface area (Å²) < 4.78 is 25.8. The van der Waals surface area contributed by atoms with E-state index >= 15 is 0 Å². The lowest BCUT2D eigenvalue weighted by molar-refractivity contribution is 0.582. The van der Waals surface area contributed by atoms with Crippen LogP contribution in [0.3, 0.4) is 0 Å². The molecule has 1 unspecified atom stereocenters. The molecule has 0 saturated carbocycles. The summed E-state index contributed by atoms with van der Waals surface area (Å²) in [6.45, 7) is 2.31. The number of nitrogens with zero attached hydrogens (tertiary/aromatic N) is 1. The summed E-state index contributed by atoms with van der Waals surface area (Å²) in [6.07, 6.45) is 3.12. The molecule has 1 atom stereocenters. The smallest absolute Gasteiger partial charge is 0.245 e. The minimum Gasteiger partial charge on any atom is -0.383 e. The third kappa shape index (κ3) is 3.11. The average Bonchev–Trinajstić information content (AvgIpc) is 2.61. The summed E-state index contributed by atoms with van der Waals surface area (Å²) in [4.78, 5) is -0.00389. The number of sulfonamides is 1. The maximum absolute atomic E-state index is 11.7. The zero-order valence-corrected chi connectivity index (χ0v) is 10.2. The molecule has 4 N–H and O–H groups in total. The molecule has 0 aliphatic rings. The van der Waals surface area contributed by atoms with Crippen molar-refractivity contribution in [3.05, 3.63) is 6.20 Å². The Hall–Kier alpha value is -0.730. The maximum Gasteiger partial charge on any atom is 0.245 e. The van der Waals surface area contributed by atoms with E-state index in [0.717, 1.165) is 0 Å². The van der Waals surface area contributed by atoms with Crippen LogP contribution in [0.5, 0.6) is 0 Å². The molecule has 1 aromatic heterocycles. The average molecular weight is 250 g/mol. The maximum atomic E-state index is 11.7. The van der Waals surface area contributed by atoms with E-state index in [1.165, 1.54) is 6.20 Å². The Labute approximate surface area is 93.1 Å². The molecule has 1 rings (SSSR count). The normalized spacial score (nSPS) is 14.0. The lowest BCUT2D eigenvalue weighted by atomic mass is 10.5. The fourth-order valence-electron chi connectivity index (χ4n) is 0.887. The van der Waals surface area contributed by atoms with Crippen LogP contribution in [-0.4, -0.2) is 36.7 Å².